The summed E-state index contributed by atoms with van der Waals surface area (Å²) in [6, 6.07) is 0. The first-order chi connectivity index (χ1) is 8.81. The van der Waals surface area contributed by atoms with Gasteiger partial charge in [-0.2, -0.15) is 0 Å². The molecule has 1 unspecified atom stereocenters. The molecule has 1 rings (SSSR count). The average molecular weight is 267 g/mol. The van der Waals surface area contributed by atoms with Crippen LogP contribution in [0.15, 0.2) is 0 Å². The predicted octanol–water partition coefficient (Wildman–Crippen LogP) is 1.88. The molecule has 1 heterocycles. The summed E-state index contributed by atoms with van der Waals surface area (Å²) in [7, 11) is -3.98. The summed E-state index contributed by atoms with van der Waals surface area (Å²) < 4.78 is 63.1. The summed E-state index contributed by atoms with van der Waals surface area (Å²) in [5, 5.41) is 2.31. The minimum absolute atomic E-state index is 0.315. The van der Waals surface area contributed by atoms with Crippen molar-refractivity contribution in [3.8, 4) is 0 Å². The topological polar surface area (TPSA) is 41.6 Å². The molecule has 1 atom stereocenters. The number of rotatable bonds is 5. The van der Waals surface area contributed by atoms with Gasteiger partial charge in [-0.1, -0.05) is 0 Å². The second-order valence-corrected chi connectivity index (χ2v) is 4.99. The Labute approximate surface area is 103 Å². The van der Waals surface area contributed by atoms with E-state index in [9.17, 15) is 4.57 Å². The highest BCUT2D eigenvalue weighted by atomic mass is 35.5. The van der Waals surface area contributed by atoms with Crippen molar-refractivity contribution in [2.45, 2.75) is 6.37 Å². The van der Waals surface area contributed by atoms with Gasteiger partial charge in [-0.3, -0.25) is 4.57 Å². The Bertz CT molecular complexity index is 393. The highest BCUT2D eigenvalue weighted by Crippen LogP contribution is 2.47. The standard InChI is InChI=1S/C7H15Cl2N2O2P/c8-2-5-11(6-3-9)14(12)10-4-1-7-13-14/h1-7H2,(H,10,12)/i1D2,2D2,6D2. The Balaban J connectivity index is 3.02. The van der Waals surface area contributed by atoms with Gasteiger partial charge in [0, 0.05) is 39.5 Å². The van der Waals surface area contributed by atoms with Crippen LogP contribution in [0.2, 0.25) is 0 Å². The Morgan fingerprint density at radius 1 is 1.71 bits per heavy atom. The molecule has 7 heteroatoms. The fourth-order valence-corrected chi connectivity index (χ4v) is 2.83. The second-order valence-electron chi connectivity index (χ2n) is 2.36. The SMILES string of the molecule is [2H]C([2H])(Cl)CN(C([2H])([2H])CCl)P1(=O)NCC([2H])([2H])CO1. The monoisotopic (exact) mass is 266 g/mol. The normalized spacial score (nSPS) is 40.2. The van der Waals surface area contributed by atoms with Gasteiger partial charge in [-0.05, 0) is 6.37 Å². The van der Waals surface area contributed by atoms with Crippen molar-refractivity contribution in [2.75, 3.05) is 37.9 Å². The number of nitrogens with zero attached hydrogens (tertiary/aromatic N) is 1. The number of alkyl halides is 2. The van der Waals surface area contributed by atoms with Gasteiger partial charge >= 0.3 is 7.67 Å². The van der Waals surface area contributed by atoms with Crippen LogP contribution in [0.4, 0.5) is 0 Å². The van der Waals surface area contributed by atoms with Crippen LogP contribution in [0.1, 0.15) is 14.6 Å². The van der Waals surface area contributed by atoms with Crippen LogP contribution >= 0.6 is 30.9 Å². The molecule has 0 saturated carbocycles. The fourth-order valence-electron chi connectivity index (χ4n) is 0.908. The van der Waals surface area contributed by atoms with E-state index in [2.05, 4.69) is 5.09 Å². The molecule has 0 aromatic heterocycles. The minimum Gasteiger partial charge on any atom is -0.306 e. The smallest absolute Gasteiger partial charge is 0.306 e. The minimum atomic E-state index is -3.98. The molecule has 1 N–H and O–H groups in total. The van der Waals surface area contributed by atoms with Crippen molar-refractivity contribution in [1.29, 1.82) is 0 Å². The van der Waals surface area contributed by atoms with Gasteiger partial charge in [0.1, 0.15) is 0 Å². The third-order valence-electron chi connectivity index (χ3n) is 1.52. The van der Waals surface area contributed by atoms with Gasteiger partial charge in [0.25, 0.3) is 0 Å². The first kappa shape index (κ1) is 6.43. The molecule has 0 aliphatic carbocycles. The zero-order valence-electron chi connectivity index (χ0n) is 13.3. The van der Waals surface area contributed by atoms with Gasteiger partial charge < -0.3 is 4.52 Å². The largest absolute Gasteiger partial charge is 0.343 e. The summed E-state index contributed by atoms with van der Waals surface area (Å²) in [6.45, 7) is -3.89. The number of hydrogen-bond donors (Lipinski definition) is 1. The van der Waals surface area contributed by atoms with Gasteiger partial charge in [0.2, 0.25) is 0 Å². The second kappa shape index (κ2) is 6.31. The lowest BCUT2D eigenvalue weighted by atomic mass is 10.5. The molecule has 0 radical (unpaired) electrons. The Kier molecular flexibility index (Phi) is 2.90. The van der Waals surface area contributed by atoms with Crippen LogP contribution in [0, 0.1) is 0 Å². The molecular formula is C7H15Cl2N2O2P. The maximum atomic E-state index is 12.6. The van der Waals surface area contributed by atoms with Crippen molar-refractivity contribution in [2.24, 2.45) is 0 Å². The molecule has 84 valence electrons. The molecule has 1 fully saturated rings. The lowest BCUT2D eigenvalue weighted by Gasteiger charge is -2.33. The summed E-state index contributed by atoms with van der Waals surface area (Å²) in [4.78, 5) is 0. The summed E-state index contributed by atoms with van der Waals surface area (Å²) in [5.74, 6) is -2.93. The lowest BCUT2D eigenvalue weighted by molar-refractivity contribution is 0.233. The van der Waals surface area contributed by atoms with E-state index >= 15 is 0 Å². The van der Waals surface area contributed by atoms with Crippen LogP contribution < -0.4 is 5.09 Å². The molecule has 0 amide bonds. The number of hydrogen-bond acceptors (Lipinski definition) is 2. The van der Waals surface area contributed by atoms with E-state index in [1.165, 1.54) is 0 Å². The van der Waals surface area contributed by atoms with E-state index in [0.717, 1.165) is 0 Å². The summed E-state index contributed by atoms with van der Waals surface area (Å²) >= 11 is 10.9. The van der Waals surface area contributed by atoms with Crippen molar-refractivity contribution < 1.29 is 17.3 Å². The molecule has 1 aliphatic rings. The first-order valence-electron chi connectivity index (χ1n) is 6.84. The molecule has 4 nitrogen and oxygen atoms in total. The van der Waals surface area contributed by atoms with Crippen molar-refractivity contribution in [3.63, 3.8) is 0 Å². The molecular weight excluding hydrogens is 246 g/mol. The van der Waals surface area contributed by atoms with Crippen molar-refractivity contribution in [3.05, 3.63) is 0 Å². The Morgan fingerprint density at radius 2 is 2.50 bits per heavy atom. The summed E-state index contributed by atoms with van der Waals surface area (Å²) in [6.07, 6.45) is -1.74. The fraction of sp³-hybridized carbons (Fsp3) is 1.00. The number of halogens is 2. The third-order valence-corrected chi connectivity index (χ3v) is 3.71. The van der Waals surface area contributed by atoms with Crippen LogP contribution in [-0.4, -0.2) is 42.6 Å². The molecule has 0 bridgehead atoms. The maximum Gasteiger partial charge on any atom is 0.343 e. The maximum absolute atomic E-state index is 12.6. The third kappa shape index (κ3) is 3.37. The molecule has 1 saturated heterocycles. The van der Waals surface area contributed by atoms with E-state index in [4.69, 9.17) is 36.0 Å². The van der Waals surface area contributed by atoms with E-state index in [0.29, 0.717) is 4.67 Å². The molecule has 0 aromatic rings. The van der Waals surface area contributed by atoms with E-state index in [1.54, 1.807) is 0 Å². The van der Waals surface area contributed by atoms with E-state index < -0.39 is 45.4 Å². The van der Waals surface area contributed by atoms with Crippen LogP contribution in [0.25, 0.3) is 0 Å². The summed E-state index contributed by atoms with van der Waals surface area (Å²) in [5.41, 5.74) is 0. The van der Waals surface area contributed by atoms with Crippen LogP contribution in [0.3, 0.4) is 0 Å². The highest BCUT2D eigenvalue weighted by Gasteiger charge is 2.32. The average Bonchev–Trinajstić information content (AvgIpc) is 2.29. The van der Waals surface area contributed by atoms with E-state index in [1.807, 2.05) is 0 Å². The zero-order chi connectivity index (χ0) is 15.8. The van der Waals surface area contributed by atoms with Gasteiger partial charge in [0.15, 0.2) is 0 Å². The molecule has 14 heavy (non-hydrogen) atoms. The predicted molar refractivity (Wildman–Crippen MR) is 59.2 cm³/mol. The quantitative estimate of drug-likeness (QED) is 0.610. The molecule has 1 aliphatic heterocycles. The molecule has 0 aromatic carbocycles. The van der Waals surface area contributed by atoms with Crippen molar-refractivity contribution in [1.82, 2.24) is 9.76 Å². The number of nitrogens with one attached hydrogen (secondary N) is 1. The van der Waals surface area contributed by atoms with Gasteiger partial charge in [0.05, 0.1) is 6.61 Å². The van der Waals surface area contributed by atoms with Crippen LogP contribution in [0.5, 0.6) is 0 Å². The van der Waals surface area contributed by atoms with Crippen molar-refractivity contribution >= 4 is 30.9 Å². The van der Waals surface area contributed by atoms with E-state index in [-0.39, 0.29) is 6.54 Å². The van der Waals surface area contributed by atoms with Crippen LogP contribution in [-0.2, 0) is 9.09 Å². The Morgan fingerprint density at radius 3 is 3.00 bits per heavy atom. The zero-order valence-corrected chi connectivity index (χ0v) is 9.70. The highest BCUT2D eigenvalue weighted by molar-refractivity contribution is 7.54. The van der Waals surface area contributed by atoms with Gasteiger partial charge in [-0.15, -0.1) is 23.2 Å². The Hall–Kier alpha value is 0.690. The molecule has 0 spiro atoms. The first-order valence-corrected chi connectivity index (χ1v) is 6.33. The van der Waals surface area contributed by atoms with Gasteiger partial charge in [-0.25, -0.2) is 9.76 Å². The lowest BCUT2D eigenvalue weighted by Crippen LogP contribution is -2.35.